The normalized spacial score (nSPS) is 15.7. The topological polar surface area (TPSA) is 32.3 Å². The van der Waals surface area contributed by atoms with E-state index in [1.807, 2.05) is 42.5 Å². The van der Waals surface area contributed by atoms with Crippen LogP contribution in [0.15, 0.2) is 54.6 Å². The van der Waals surface area contributed by atoms with Crippen molar-refractivity contribution >= 4 is 33.8 Å². The summed E-state index contributed by atoms with van der Waals surface area (Å²) in [6.07, 6.45) is 3.69. The Morgan fingerprint density at radius 3 is 2.33 bits per heavy atom. The minimum atomic E-state index is -0.0633. The number of carbonyl (C=O) groups excluding carboxylic acids is 1. The van der Waals surface area contributed by atoms with Gasteiger partial charge in [-0.25, -0.2) is 0 Å². The number of hydrogen-bond acceptors (Lipinski definition) is 3. The van der Waals surface area contributed by atoms with E-state index in [2.05, 4.69) is 36.2 Å². The zero-order valence-electron chi connectivity index (χ0n) is 17.5. The number of likely N-dealkylation sites (tertiary alicyclic amines) is 1. The van der Waals surface area contributed by atoms with E-state index < -0.39 is 0 Å². The van der Waals surface area contributed by atoms with E-state index in [4.69, 9.17) is 11.6 Å². The van der Waals surface area contributed by atoms with Crippen LogP contribution in [0.4, 0.5) is 5.00 Å². The van der Waals surface area contributed by atoms with Gasteiger partial charge in [0.1, 0.15) is 5.00 Å². The summed E-state index contributed by atoms with van der Waals surface area (Å²) in [4.78, 5) is 16.7. The van der Waals surface area contributed by atoms with Crippen molar-refractivity contribution in [2.45, 2.75) is 39.2 Å². The van der Waals surface area contributed by atoms with E-state index in [-0.39, 0.29) is 11.9 Å². The van der Waals surface area contributed by atoms with Crippen molar-refractivity contribution in [3.05, 3.63) is 86.8 Å². The third-order valence-corrected chi connectivity index (χ3v) is 7.30. The molecule has 1 aromatic heterocycles. The van der Waals surface area contributed by atoms with E-state index in [9.17, 15) is 4.79 Å². The van der Waals surface area contributed by atoms with E-state index >= 15 is 0 Å². The fraction of sp³-hybridized carbons (Fsp3) is 0.320. The number of rotatable bonds is 5. The lowest BCUT2D eigenvalue weighted by molar-refractivity contribution is 0.102. The van der Waals surface area contributed by atoms with Gasteiger partial charge in [-0.1, -0.05) is 48.4 Å². The maximum absolute atomic E-state index is 12.9. The molecule has 1 amide bonds. The Bertz CT molecular complexity index is 1010. The Kier molecular flexibility index (Phi) is 6.57. The van der Waals surface area contributed by atoms with Crippen LogP contribution in [0, 0.1) is 13.8 Å². The fourth-order valence-electron chi connectivity index (χ4n) is 4.21. The molecule has 0 unspecified atom stereocenters. The van der Waals surface area contributed by atoms with Crippen LogP contribution in [0.25, 0.3) is 0 Å². The molecule has 2 aromatic carbocycles. The third-order valence-electron chi connectivity index (χ3n) is 5.91. The maximum atomic E-state index is 12.9. The van der Waals surface area contributed by atoms with Gasteiger partial charge in [-0.3, -0.25) is 9.69 Å². The molecule has 0 radical (unpaired) electrons. The lowest BCUT2D eigenvalue weighted by Crippen LogP contribution is -2.35. The summed E-state index contributed by atoms with van der Waals surface area (Å²) in [6.45, 7) is 6.43. The van der Waals surface area contributed by atoms with Gasteiger partial charge >= 0.3 is 0 Å². The number of hydrogen-bond donors (Lipinski definition) is 1. The minimum Gasteiger partial charge on any atom is -0.313 e. The fourth-order valence-corrected chi connectivity index (χ4v) is 5.43. The van der Waals surface area contributed by atoms with Crippen LogP contribution in [-0.2, 0) is 0 Å². The Morgan fingerprint density at radius 2 is 1.67 bits per heavy atom. The summed E-state index contributed by atoms with van der Waals surface area (Å²) in [5.41, 5.74) is 4.37. The van der Waals surface area contributed by atoms with Gasteiger partial charge in [0.15, 0.2) is 0 Å². The standard InChI is InChI=1S/C25H27ClN2OS/c1-17-18(2)30-25(27-24(29)20-9-5-3-6-10-20)22(17)23(28-15-7-4-8-16-28)19-11-13-21(26)14-12-19/h3,5-6,9-14,23H,4,7-8,15-16H2,1-2H3,(H,27,29)/t23-/m1/s1. The molecule has 156 valence electrons. The van der Waals surface area contributed by atoms with Gasteiger partial charge in [-0.15, -0.1) is 11.3 Å². The van der Waals surface area contributed by atoms with E-state index in [1.165, 1.54) is 40.8 Å². The second-order valence-corrected chi connectivity index (χ2v) is 9.56. The van der Waals surface area contributed by atoms with Crippen LogP contribution in [0.1, 0.15) is 57.2 Å². The first kappa shape index (κ1) is 21.1. The SMILES string of the molecule is Cc1sc(NC(=O)c2ccccc2)c([C@@H](c2ccc(Cl)cc2)N2CCCCC2)c1C. The molecule has 2 heterocycles. The van der Waals surface area contributed by atoms with E-state index in [0.29, 0.717) is 5.56 Å². The molecule has 1 N–H and O–H groups in total. The number of thiophene rings is 1. The Balaban J connectivity index is 1.76. The largest absolute Gasteiger partial charge is 0.313 e. The van der Waals surface area contributed by atoms with Gasteiger partial charge in [0.05, 0.1) is 6.04 Å². The highest BCUT2D eigenvalue weighted by Gasteiger charge is 2.30. The first-order valence-corrected chi connectivity index (χ1v) is 11.7. The van der Waals surface area contributed by atoms with Crippen LogP contribution in [0.5, 0.6) is 0 Å². The van der Waals surface area contributed by atoms with Crippen molar-refractivity contribution in [3.8, 4) is 0 Å². The van der Waals surface area contributed by atoms with Gasteiger partial charge < -0.3 is 5.32 Å². The minimum absolute atomic E-state index is 0.0633. The van der Waals surface area contributed by atoms with Crippen molar-refractivity contribution in [1.82, 2.24) is 4.90 Å². The summed E-state index contributed by atoms with van der Waals surface area (Å²) < 4.78 is 0. The van der Waals surface area contributed by atoms with Crippen LogP contribution in [0.3, 0.4) is 0 Å². The highest BCUT2D eigenvalue weighted by atomic mass is 35.5. The maximum Gasteiger partial charge on any atom is 0.256 e. The zero-order chi connectivity index (χ0) is 21.1. The van der Waals surface area contributed by atoms with Gasteiger partial charge in [0, 0.05) is 21.0 Å². The second-order valence-electron chi connectivity index (χ2n) is 7.90. The lowest BCUT2D eigenvalue weighted by Gasteiger charge is -2.36. The Hall–Kier alpha value is -2.14. The number of aryl methyl sites for hydroxylation is 1. The number of benzene rings is 2. The molecule has 3 nitrogen and oxygen atoms in total. The average Bonchev–Trinajstić information content (AvgIpc) is 3.04. The predicted octanol–water partition coefficient (Wildman–Crippen LogP) is 6.85. The van der Waals surface area contributed by atoms with Crippen LogP contribution < -0.4 is 5.32 Å². The number of nitrogens with one attached hydrogen (secondary N) is 1. The number of amides is 1. The number of anilines is 1. The molecule has 0 aliphatic carbocycles. The molecule has 1 aliphatic heterocycles. The van der Waals surface area contributed by atoms with E-state index in [0.717, 1.165) is 23.1 Å². The smallest absolute Gasteiger partial charge is 0.256 e. The molecule has 0 spiro atoms. The predicted molar refractivity (Wildman–Crippen MR) is 127 cm³/mol. The quantitative estimate of drug-likeness (QED) is 0.472. The molecule has 1 saturated heterocycles. The van der Waals surface area contributed by atoms with Gasteiger partial charge in [-0.2, -0.15) is 0 Å². The molecular weight excluding hydrogens is 412 g/mol. The summed E-state index contributed by atoms with van der Waals surface area (Å²) in [6, 6.07) is 17.7. The molecule has 5 heteroatoms. The molecule has 0 saturated carbocycles. The molecule has 30 heavy (non-hydrogen) atoms. The number of halogens is 1. The molecule has 1 fully saturated rings. The van der Waals surface area contributed by atoms with Crippen molar-refractivity contribution in [2.75, 3.05) is 18.4 Å². The summed E-state index contributed by atoms with van der Waals surface area (Å²) in [5.74, 6) is -0.0633. The third kappa shape index (κ3) is 4.46. The monoisotopic (exact) mass is 438 g/mol. The average molecular weight is 439 g/mol. The lowest BCUT2D eigenvalue weighted by atomic mass is 9.93. The first-order chi connectivity index (χ1) is 14.5. The molecule has 0 bridgehead atoms. The summed E-state index contributed by atoms with van der Waals surface area (Å²) in [7, 11) is 0. The number of piperidine rings is 1. The molecule has 1 atom stereocenters. The number of nitrogens with zero attached hydrogens (tertiary/aromatic N) is 1. The first-order valence-electron chi connectivity index (χ1n) is 10.5. The number of carbonyl (C=O) groups is 1. The highest BCUT2D eigenvalue weighted by molar-refractivity contribution is 7.16. The van der Waals surface area contributed by atoms with Crippen molar-refractivity contribution in [2.24, 2.45) is 0 Å². The van der Waals surface area contributed by atoms with Crippen molar-refractivity contribution < 1.29 is 4.79 Å². The van der Waals surface area contributed by atoms with Gasteiger partial charge in [-0.05, 0) is 75.2 Å². The molecule has 3 aromatic rings. The van der Waals surface area contributed by atoms with Gasteiger partial charge in [0.25, 0.3) is 5.91 Å². The van der Waals surface area contributed by atoms with E-state index in [1.54, 1.807) is 11.3 Å². The zero-order valence-corrected chi connectivity index (χ0v) is 19.0. The molecule has 1 aliphatic rings. The summed E-state index contributed by atoms with van der Waals surface area (Å²) >= 11 is 7.85. The second kappa shape index (κ2) is 9.34. The van der Waals surface area contributed by atoms with Crippen molar-refractivity contribution in [1.29, 1.82) is 0 Å². The Morgan fingerprint density at radius 1 is 1.00 bits per heavy atom. The van der Waals surface area contributed by atoms with Crippen LogP contribution in [-0.4, -0.2) is 23.9 Å². The van der Waals surface area contributed by atoms with Crippen molar-refractivity contribution in [3.63, 3.8) is 0 Å². The molecule has 4 rings (SSSR count). The highest BCUT2D eigenvalue weighted by Crippen LogP contribution is 2.43. The van der Waals surface area contributed by atoms with Crippen LogP contribution in [0.2, 0.25) is 5.02 Å². The molecular formula is C25H27ClN2OS. The Labute approximate surface area is 187 Å². The van der Waals surface area contributed by atoms with Gasteiger partial charge in [0.2, 0.25) is 0 Å². The van der Waals surface area contributed by atoms with Crippen LogP contribution >= 0.6 is 22.9 Å². The summed E-state index contributed by atoms with van der Waals surface area (Å²) in [5, 5.41) is 4.91.